The molecule has 17 heavy (non-hydrogen) atoms. The van der Waals surface area contributed by atoms with Gasteiger partial charge in [0.2, 0.25) is 0 Å². The molecule has 2 aromatic rings. The van der Waals surface area contributed by atoms with Crippen molar-refractivity contribution >= 4 is 43.5 Å². The molecule has 2 nitrogen and oxygen atoms in total. The lowest BCUT2D eigenvalue weighted by atomic mass is 10.0. The molecule has 5 heteroatoms. The topological polar surface area (TPSA) is 38.9 Å². The molecule has 1 aromatic carbocycles. The molecule has 0 radical (unpaired) electrons. The average molecular weight is 376 g/mol. The van der Waals surface area contributed by atoms with Crippen LogP contribution < -0.4 is 5.73 Å². The summed E-state index contributed by atoms with van der Waals surface area (Å²) in [5.41, 5.74) is 7.94. The van der Waals surface area contributed by atoms with Gasteiger partial charge >= 0.3 is 0 Å². The van der Waals surface area contributed by atoms with Gasteiger partial charge < -0.3 is 5.73 Å². The van der Waals surface area contributed by atoms with Gasteiger partial charge in [-0.05, 0) is 55.6 Å². The van der Waals surface area contributed by atoms with E-state index in [0.29, 0.717) is 5.02 Å². The van der Waals surface area contributed by atoms with Crippen molar-refractivity contribution in [3.05, 3.63) is 61.8 Å². The Morgan fingerprint density at radius 2 is 1.82 bits per heavy atom. The lowest BCUT2D eigenvalue weighted by Gasteiger charge is -2.13. The van der Waals surface area contributed by atoms with E-state index in [1.807, 2.05) is 30.3 Å². The molecule has 88 valence electrons. The predicted octanol–water partition coefficient (Wildman–Crippen LogP) is 4.31. The van der Waals surface area contributed by atoms with Crippen molar-refractivity contribution in [2.24, 2.45) is 5.73 Å². The van der Waals surface area contributed by atoms with Crippen LogP contribution in [0.25, 0.3) is 0 Å². The third-order valence-corrected chi connectivity index (χ3v) is 3.68. The molecule has 2 N–H and O–H groups in total. The molecule has 2 rings (SSSR count). The van der Waals surface area contributed by atoms with Crippen LogP contribution in [0.15, 0.2) is 45.5 Å². The molecule has 1 aromatic heterocycles. The van der Waals surface area contributed by atoms with E-state index < -0.39 is 0 Å². The average Bonchev–Trinajstić information content (AvgIpc) is 2.29. The molecule has 1 unspecified atom stereocenters. The highest BCUT2D eigenvalue weighted by molar-refractivity contribution is 9.11. The number of benzene rings is 1. The van der Waals surface area contributed by atoms with E-state index in [1.54, 1.807) is 6.20 Å². The first-order valence-electron chi connectivity index (χ1n) is 4.90. The zero-order valence-corrected chi connectivity index (χ0v) is 12.6. The van der Waals surface area contributed by atoms with Crippen molar-refractivity contribution in [1.82, 2.24) is 4.98 Å². The maximum atomic E-state index is 6.17. The van der Waals surface area contributed by atoms with E-state index in [1.165, 1.54) is 0 Å². The fraction of sp³-hybridized carbons (Fsp3) is 0.0833. The summed E-state index contributed by atoms with van der Waals surface area (Å²) < 4.78 is 1.80. The second kappa shape index (κ2) is 5.48. The number of halogens is 3. The Morgan fingerprint density at radius 3 is 2.41 bits per heavy atom. The van der Waals surface area contributed by atoms with Crippen LogP contribution in [-0.2, 0) is 0 Å². The quantitative estimate of drug-likeness (QED) is 0.848. The van der Waals surface area contributed by atoms with E-state index in [-0.39, 0.29) is 6.04 Å². The van der Waals surface area contributed by atoms with Crippen molar-refractivity contribution in [2.75, 3.05) is 0 Å². The third-order valence-electron chi connectivity index (χ3n) is 2.36. The first-order valence-corrected chi connectivity index (χ1v) is 6.86. The maximum absolute atomic E-state index is 6.17. The molecule has 0 amide bonds. The van der Waals surface area contributed by atoms with Crippen LogP contribution in [0.5, 0.6) is 0 Å². The molecule has 0 spiro atoms. The minimum absolute atomic E-state index is 0.269. The van der Waals surface area contributed by atoms with Crippen LogP contribution in [-0.4, -0.2) is 4.98 Å². The van der Waals surface area contributed by atoms with Gasteiger partial charge in [-0.25, -0.2) is 0 Å². The molecule has 1 heterocycles. The molecule has 0 aliphatic rings. The first kappa shape index (κ1) is 13.0. The minimum atomic E-state index is -0.269. The van der Waals surface area contributed by atoms with Crippen LogP contribution in [0.3, 0.4) is 0 Å². The normalized spacial score (nSPS) is 12.5. The number of hydrogen-bond acceptors (Lipinski definition) is 2. The van der Waals surface area contributed by atoms with Gasteiger partial charge in [0, 0.05) is 20.2 Å². The van der Waals surface area contributed by atoms with Gasteiger partial charge in [0.15, 0.2) is 0 Å². The molecular weight excluding hydrogens is 367 g/mol. The number of nitrogens with two attached hydrogens (primary N) is 1. The fourth-order valence-corrected chi connectivity index (χ4v) is 2.84. The van der Waals surface area contributed by atoms with Crippen LogP contribution in [0, 0.1) is 0 Å². The summed E-state index contributed by atoms with van der Waals surface area (Å²) in [6.45, 7) is 0. The first-order chi connectivity index (χ1) is 8.08. The smallest absolute Gasteiger partial charge is 0.0758 e. The van der Waals surface area contributed by atoms with Gasteiger partial charge in [0.25, 0.3) is 0 Å². The van der Waals surface area contributed by atoms with Crippen LogP contribution >= 0.6 is 43.5 Å². The Balaban J connectivity index is 2.36. The van der Waals surface area contributed by atoms with E-state index >= 15 is 0 Å². The molecule has 1 atom stereocenters. The minimum Gasteiger partial charge on any atom is -0.319 e. The monoisotopic (exact) mass is 374 g/mol. The van der Waals surface area contributed by atoms with Gasteiger partial charge in [-0.1, -0.05) is 23.7 Å². The summed E-state index contributed by atoms with van der Waals surface area (Å²) in [5, 5.41) is 0.698. The zero-order valence-electron chi connectivity index (χ0n) is 8.70. The maximum Gasteiger partial charge on any atom is 0.0758 e. The van der Waals surface area contributed by atoms with Crippen molar-refractivity contribution < 1.29 is 0 Å². The molecule has 0 saturated heterocycles. The predicted molar refractivity (Wildman–Crippen MR) is 77.1 cm³/mol. The second-order valence-corrected chi connectivity index (χ2v) is 5.76. The lowest BCUT2D eigenvalue weighted by Crippen LogP contribution is -2.14. The van der Waals surface area contributed by atoms with Gasteiger partial charge in [-0.3, -0.25) is 4.98 Å². The Labute approximate surface area is 121 Å². The highest BCUT2D eigenvalue weighted by Gasteiger charge is 2.13. The largest absolute Gasteiger partial charge is 0.319 e. The molecule has 0 aliphatic carbocycles. The van der Waals surface area contributed by atoms with Crippen molar-refractivity contribution in [2.45, 2.75) is 6.04 Å². The lowest BCUT2D eigenvalue weighted by molar-refractivity contribution is 0.821. The summed E-state index contributed by atoms with van der Waals surface area (Å²) >= 11 is 12.7. The van der Waals surface area contributed by atoms with Gasteiger partial charge in [-0.2, -0.15) is 0 Å². The molecular formula is C12H9Br2ClN2. The zero-order chi connectivity index (χ0) is 12.4. The standard InChI is InChI=1S/C12H9Br2ClN2/c13-8-5-10(14)12(17-6-8)11(16)7-1-3-9(15)4-2-7/h1-6,11H,16H2. The van der Waals surface area contributed by atoms with Crippen molar-refractivity contribution in [3.8, 4) is 0 Å². The Morgan fingerprint density at radius 1 is 1.18 bits per heavy atom. The van der Waals surface area contributed by atoms with E-state index in [0.717, 1.165) is 20.2 Å². The van der Waals surface area contributed by atoms with E-state index in [2.05, 4.69) is 36.8 Å². The van der Waals surface area contributed by atoms with Crippen LogP contribution in [0.2, 0.25) is 5.02 Å². The van der Waals surface area contributed by atoms with Gasteiger partial charge in [0.1, 0.15) is 0 Å². The Hall–Kier alpha value is -0.420. The summed E-state index contributed by atoms with van der Waals surface area (Å²) in [6, 6.07) is 9.12. The summed E-state index contributed by atoms with van der Waals surface area (Å²) in [5.74, 6) is 0. The Bertz CT molecular complexity index is 529. The Kier molecular flexibility index (Phi) is 4.20. The third kappa shape index (κ3) is 3.07. The number of pyridine rings is 1. The molecule has 0 aliphatic heterocycles. The van der Waals surface area contributed by atoms with E-state index in [9.17, 15) is 0 Å². The van der Waals surface area contributed by atoms with Gasteiger partial charge in [-0.15, -0.1) is 0 Å². The molecule has 0 fully saturated rings. The second-order valence-electron chi connectivity index (χ2n) is 3.55. The van der Waals surface area contributed by atoms with Crippen molar-refractivity contribution in [3.63, 3.8) is 0 Å². The number of aromatic nitrogens is 1. The molecule has 0 saturated carbocycles. The van der Waals surface area contributed by atoms with Gasteiger partial charge in [0.05, 0.1) is 11.7 Å². The fourth-order valence-electron chi connectivity index (χ4n) is 1.48. The molecule has 0 bridgehead atoms. The number of nitrogens with zero attached hydrogens (tertiary/aromatic N) is 1. The summed E-state index contributed by atoms with van der Waals surface area (Å²) in [6.07, 6.45) is 1.73. The van der Waals surface area contributed by atoms with Crippen LogP contribution in [0.4, 0.5) is 0 Å². The van der Waals surface area contributed by atoms with Crippen molar-refractivity contribution in [1.29, 1.82) is 0 Å². The van der Waals surface area contributed by atoms with Crippen LogP contribution in [0.1, 0.15) is 17.3 Å². The number of rotatable bonds is 2. The number of hydrogen-bond donors (Lipinski definition) is 1. The summed E-state index contributed by atoms with van der Waals surface area (Å²) in [7, 11) is 0. The highest BCUT2D eigenvalue weighted by atomic mass is 79.9. The SMILES string of the molecule is NC(c1ccc(Cl)cc1)c1ncc(Br)cc1Br. The highest BCUT2D eigenvalue weighted by Crippen LogP contribution is 2.27. The van der Waals surface area contributed by atoms with E-state index in [4.69, 9.17) is 17.3 Å². The summed E-state index contributed by atoms with van der Waals surface area (Å²) in [4.78, 5) is 4.32.